The summed E-state index contributed by atoms with van der Waals surface area (Å²) in [5.41, 5.74) is 2.17. The van der Waals surface area contributed by atoms with E-state index < -0.39 is 6.61 Å². The monoisotopic (exact) mass is 353 g/mol. The van der Waals surface area contributed by atoms with Crippen molar-refractivity contribution in [3.05, 3.63) is 52.5 Å². The minimum Gasteiger partial charge on any atom is -0.434 e. The third-order valence-corrected chi connectivity index (χ3v) is 3.48. The van der Waals surface area contributed by atoms with Crippen molar-refractivity contribution in [2.24, 2.45) is 0 Å². The van der Waals surface area contributed by atoms with Crippen molar-refractivity contribution < 1.29 is 13.5 Å². The molecule has 108 valence electrons. The van der Waals surface area contributed by atoms with E-state index in [0.717, 1.165) is 15.5 Å². The molecule has 1 aromatic heterocycles. The molecule has 0 bridgehead atoms. The first-order valence-corrected chi connectivity index (χ1v) is 6.94. The number of ether oxygens (including phenoxy) is 1. The van der Waals surface area contributed by atoms with Gasteiger partial charge in [-0.25, -0.2) is 4.68 Å². The highest BCUT2D eigenvalue weighted by Gasteiger charge is 2.12. The largest absolute Gasteiger partial charge is 0.434 e. The summed E-state index contributed by atoms with van der Waals surface area (Å²) < 4.78 is 31.9. The molecule has 0 aliphatic rings. The Morgan fingerprint density at radius 1 is 1.19 bits per heavy atom. The summed E-state index contributed by atoms with van der Waals surface area (Å²) in [6, 6.07) is 12.2. The summed E-state index contributed by atoms with van der Waals surface area (Å²) in [5, 5.41) is 8.10. The highest BCUT2D eigenvalue weighted by atomic mass is 79.9. The van der Waals surface area contributed by atoms with E-state index in [-0.39, 0.29) is 5.75 Å². The van der Waals surface area contributed by atoms with Crippen molar-refractivity contribution >= 4 is 27.0 Å². The summed E-state index contributed by atoms with van der Waals surface area (Å²) in [5.74, 6) is 0.145. The maximum atomic E-state index is 12.4. The zero-order valence-electron chi connectivity index (χ0n) is 10.7. The van der Waals surface area contributed by atoms with Gasteiger partial charge in [0.2, 0.25) is 0 Å². The van der Waals surface area contributed by atoms with Crippen LogP contribution in [0, 0.1) is 0 Å². The van der Waals surface area contributed by atoms with E-state index in [9.17, 15) is 8.78 Å². The molecule has 0 aliphatic heterocycles. The fourth-order valence-electron chi connectivity index (χ4n) is 2.06. The Bertz CT molecular complexity index is 776. The molecule has 0 atom stereocenters. The lowest BCUT2D eigenvalue weighted by molar-refractivity contribution is -0.0505. The van der Waals surface area contributed by atoms with Gasteiger partial charge in [0, 0.05) is 10.0 Å². The lowest BCUT2D eigenvalue weighted by Crippen LogP contribution is -2.08. The van der Waals surface area contributed by atoms with Crippen LogP contribution in [0.3, 0.4) is 0 Å². The Labute approximate surface area is 127 Å². The van der Waals surface area contributed by atoms with Gasteiger partial charge in [-0.2, -0.15) is 8.78 Å². The summed E-state index contributed by atoms with van der Waals surface area (Å²) in [4.78, 5) is 0. The van der Waals surface area contributed by atoms with E-state index in [4.69, 9.17) is 0 Å². The number of para-hydroxylation sites is 1. The molecule has 1 heterocycles. The Kier molecular flexibility index (Phi) is 3.83. The number of benzene rings is 2. The van der Waals surface area contributed by atoms with E-state index in [1.165, 1.54) is 6.07 Å². The minimum atomic E-state index is -2.85. The van der Waals surface area contributed by atoms with E-state index in [0.29, 0.717) is 12.1 Å². The number of alkyl halides is 2. The molecule has 2 aromatic carbocycles. The van der Waals surface area contributed by atoms with Gasteiger partial charge in [-0.1, -0.05) is 39.3 Å². The zero-order chi connectivity index (χ0) is 14.8. The number of hydrogen-bond donors (Lipinski definition) is 0. The molecule has 0 aliphatic carbocycles. The van der Waals surface area contributed by atoms with Gasteiger partial charge in [-0.05, 0) is 24.3 Å². The van der Waals surface area contributed by atoms with E-state index >= 15 is 0 Å². The number of rotatable bonds is 4. The molecule has 3 aromatic rings. The van der Waals surface area contributed by atoms with Gasteiger partial charge < -0.3 is 4.74 Å². The van der Waals surface area contributed by atoms with Gasteiger partial charge in [0.15, 0.2) is 0 Å². The molecule has 0 saturated heterocycles. The van der Waals surface area contributed by atoms with Crippen LogP contribution in [0.1, 0.15) is 5.56 Å². The molecule has 7 heteroatoms. The molecular weight excluding hydrogens is 344 g/mol. The average Bonchev–Trinajstić information content (AvgIpc) is 2.83. The fraction of sp³-hybridized carbons (Fsp3) is 0.143. The number of nitrogens with zero attached hydrogens (tertiary/aromatic N) is 3. The van der Waals surface area contributed by atoms with Gasteiger partial charge in [0.1, 0.15) is 11.3 Å². The minimum absolute atomic E-state index is 0.145. The highest BCUT2D eigenvalue weighted by molar-refractivity contribution is 9.10. The van der Waals surface area contributed by atoms with Crippen molar-refractivity contribution in [1.29, 1.82) is 0 Å². The summed E-state index contributed by atoms with van der Waals surface area (Å²) in [7, 11) is 0. The van der Waals surface area contributed by atoms with Crippen molar-refractivity contribution in [2.45, 2.75) is 13.2 Å². The molecule has 0 N–H and O–H groups in total. The maximum absolute atomic E-state index is 12.4. The third-order valence-electron chi connectivity index (χ3n) is 2.98. The van der Waals surface area contributed by atoms with Crippen LogP contribution in [-0.2, 0) is 6.54 Å². The summed E-state index contributed by atoms with van der Waals surface area (Å²) in [6.07, 6.45) is 0. The van der Waals surface area contributed by atoms with Crippen LogP contribution in [-0.4, -0.2) is 21.6 Å². The van der Waals surface area contributed by atoms with E-state index in [1.54, 1.807) is 22.9 Å². The van der Waals surface area contributed by atoms with E-state index in [2.05, 4.69) is 31.0 Å². The lowest BCUT2D eigenvalue weighted by atomic mass is 10.2. The predicted molar refractivity (Wildman–Crippen MR) is 77.4 cm³/mol. The SMILES string of the molecule is FC(F)Oc1ccccc1Cn1nnc2ccc(Br)cc21. The molecule has 0 unspecified atom stereocenters. The van der Waals surface area contributed by atoms with Crippen LogP contribution in [0.2, 0.25) is 0 Å². The second-order valence-corrected chi connectivity index (χ2v) is 5.28. The standard InChI is InChI=1S/C14H10BrF2N3O/c15-10-5-6-11-12(7-10)20(19-18-11)8-9-3-1-2-4-13(9)21-14(16)17/h1-7,14H,8H2. The van der Waals surface area contributed by atoms with Crippen molar-refractivity contribution in [2.75, 3.05) is 0 Å². The molecule has 0 spiro atoms. The number of halogens is 3. The Morgan fingerprint density at radius 3 is 2.81 bits per heavy atom. The van der Waals surface area contributed by atoms with Gasteiger partial charge in [0.05, 0.1) is 12.1 Å². The van der Waals surface area contributed by atoms with Crippen molar-refractivity contribution in [1.82, 2.24) is 15.0 Å². The first kappa shape index (κ1) is 13.9. The normalized spacial score (nSPS) is 11.2. The molecule has 3 rings (SSSR count). The maximum Gasteiger partial charge on any atom is 0.387 e. The van der Waals surface area contributed by atoms with Gasteiger partial charge in [0.25, 0.3) is 0 Å². The molecule has 0 fully saturated rings. The first-order valence-electron chi connectivity index (χ1n) is 6.15. The first-order chi connectivity index (χ1) is 10.1. The predicted octanol–water partition coefficient (Wildman–Crippen LogP) is 3.84. The number of hydrogen-bond acceptors (Lipinski definition) is 3. The lowest BCUT2D eigenvalue weighted by Gasteiger charge is -2.10. The quantitative estimate of drug-likeness (QED) is 0.715. The van der Waals surface area contributed by atoms with Crippen LogP contribution in [0.15, 0.2) is 46.9 Å². The van der Waals surface area contributed by atoms with Crippen molar-refractivity contribution in [3.8, 4) is 5.75 Å². The van der Waals surface area contributed by atoms with Gasteiger partial charge in [-0.15, -0.1) is 5.10 Å². The third kappa shape index (κ3) is 3.02. The average molecular weight is 354 g/mol. The Morgan fingerprint density at radius 2 is 2.00 bits per heavy atom. The summed E-state index contributed by atoms with van der Waals surface area (Å²) >= 11 is 3.39. The molecule has 0 amide bonds. The number of aromatic nitrogens is 3. The van der Waals surface area contributed by atoms with Crippen LogP contribution in [0.25, 0.3) is 11.0 Å². The molecule has 0 saturated carbocycles. The Hall–Kier alpha value is -2.02. The van der Waals surface area contributed by atoms with E-state index in [1.807, 2.05) is 18.2 Å². The molecular formula is C14H10BrF2N3O. The summed E-state index contributed by atoms with van der Waals surface area (Å²) in [6.45, 7) is -2.55. The molecule has 21 heavy (non-hydrogen) atoms. The second kappa shape index (κ2) is 5.77. The Balaban J connectivity index is 1.97. The molecule has 0 radical (unpaired) electrons. The zero-order valence-corrected chi connectivity index (χ0v) is 12.3. The topological polar surface area (TPSA) is 39.9 Å². The second-order valence-electron chi connectivity index (χ2n) is 4.37. The van der Waals surface area contributed by atoms with Crippen molar-refractivity contribution in [3.63, 3.8) is 0 Å². The van der Waals surface area contributed by atoms with Gasteiger partial charge in [-0.3, -0.25) is 0 Å². The highest BCUT2D eigenvalue weighted by Crippen LogP contribution is 2.23. The van der Waals surface area contributed by atoms with Crippen LogP contribution < -0.4 is 4.74 Å². The molecule has 4 nitrogen and oxygen atoms in total. The number of fused-ring (bicyclic) bond motifs is 1. The fourth-order valence-corrected chi connectivity index (χ4v) is 2.41. The van der Waals surface area contributed by atoms with Crippen LogP contribution >= 0.6 is 15.9 Å². The van der Waals surface area contributed by atoms with Crippen LogP contribution in [0.5, 0.6) is 5.75 Å². The van der Waals surface area contributed by atoms with Crippen LogP contribution in [0.4, 0.5) is 8.78 Å². The van der Waals surface area contributed by atoms with Gasteiger partial charge >= 0.3 is 6.61 Å². The smallest absolute Gasteiger partial charge is 0.387 e.